The van der Waals surface area contributed by atoms with E-state index in [0.717, 1.165) is 14.2 Å². The lowest BCUT2D eigenvalue weighted by Gasteiger charge is -2.33. The van der Waals surface area contributed by atoms with Gasteiger partial charge >= 0.3 is 10.2 Å². The van der Waals surface area contributed by atoms with Gasteiger partial charge in [-0.15, -0.1) is 0 Å². The van der Waals surface area contributed by atoms with Gasteiger partial charge in [-0.1, -0.05) is 12.1 Å². The summed E-state index contributed by atoms with van der Waals surface area (Å²) in [6.45, 7) is 2.09. The molecule has 13 heteroatoms. The van der Waals surface area contributed by atoms with Crippen molar-refractivity contribution in [2.24, 2.45) is 5.92 Å². The van der Waals surface area contributed by atoms with Gasteiger partial charge in [0.25, 0.3) is 5.92 Å². The van der Waals surface area contributed by atoms with Crippen molar-refractivity contribution >= 4 is 31.6 Å². The number of rotatable bonds is 6. The Hall–Kier alpha value is -2.35. The van der Waals surface area contributed by atoms with Crippen molar-refractivity contribution in [3.63, 3.8) is 0 Å². The number of alkyl halides is 2. The van der Waals surface area contributed by atoms with Crippen molar-refractivity contribution in [2.75, 3.05) is 54.6 Å². The zero-order valence-corrected chi connectivity index (χ0v) is 21.5. The fourth-order valence-electron chi connectivity index (χ4n) is 4.78. The summed E-state index contributed by atoms with van der Waals surface area (Å²) in [5.41, 5.74) is 2.19. The van der Waals surface area contributed by atoms with Crippen LogP contribution in [0.5, 0.6) is 0 Å². The highest BCUT2D eigenvalue weighted by molar-refractivity contribution is 7.94. The topological polar surface area (TPSA) is 81.2 Å². The minimum atomic E-state index is -4.00. The smallest absolute Gasteiger partial charge is 0.296 e. The number of fused-ring (bicyclic) bond motifs is 1. The van der Waals surface area contributed by atoms with Crippen LogP contribution < -0.4 is 8.61 Å². The van der Waals surface area contributed by atoms with Crippen molar-refractivity contribution in [1.82, 2.24) is 9.21 Å². The molecule has 0 spiro atoms. The van der Waals surface area contributed by atoms with E-state index in [4.69, 9.17) is 0 Å². The second-order valence-corrected chi connectivity index (χ2v) is 13.5. The minimum absolute atomic E-state index is 0.294. The van der Waals surface area contributed by atoms with E-state index >= 15 is 0 Å². The number of anilines is 2. The van der Waals surface area contributed by atoms with E-state index in [2.05, 4.69) is 4.90 Å². The summed E-state index contributed by atoms with van der Waals surface area (Å²) in [6, 6.07) is 9.41. The first-order valence-corrected chi connectivity index (χ1v) is 14.8. The van der Waals surface area contributed by atoms with Crippen LogP contribution in [0.2, 0.25) is 0 Å². The number of hydrogen-bond acceptors (Lipinski definition) is 5. The molecule has 0 amide bonds. The maximum atomic E-state index is 14.8. The summed E-state index contributed by atoms with van der Waals surface area (Å²) in [7, 11) is -5.87. The van der Waals surface area contributed by atoms with Crippen molar-refractivity contribution < 1.29 is 30.0 Å². The van der Waals surface area contributed by atoms with Gasteiger partial charge < -0.3 is 0 Å². The molecule has 8 nitrogen and oxygen atoms in total. The molecule has 1 aliphatic carbocycles. The second kappa shape index (κ2) is 8.61. The van der Waals surface area contributed by atoms with Gasteiger partial charge in [0, 0.05) is 64.2 Å². The van der Waals surface area contributed by atoms with E-state index in [9.17, 15) is 30.0 Å². The first-order chi connectivity index (χ1) is 16.8. The molecule has 1 unspecified atom stereocenters. The molecule has 1 saturated heterocycles. The highest BCUT2D eigenvalue weighted by atomic mass is 32.2. The number of sulfonamides is 1. The zero-order valence-electron chi connectivity index (χ0n) is 19.9. The van der Waals surface area contributed by atoms with E-state index in [1.165, 1.54) is 29.7 Å². The molecule has 0 bridgehead atoms. The molecule has 2 aliphatic heterocycles. The van der Waals surface area contributed by atoms with E-state index in [0.29, 0.717) is 55.2 Å². The molecule has 1 atom stereocenters. The normalized spacial score (nSPS) is 23.6. The predicted octanol–water partition coefficient (Wildman–Crippen LogP) is 2.73. The number of benzene rings is 2. The third-order valence-electron chi connectivity index (χ3n) is 7.10. The lowest BCUT2D eigenvalue weighted by molar-refractivity contribution is 0.101. The van der Waals surface area contributed by atoms with Crippen LogP contribution in [0.4, 0.5) is 24.5 Å². The molecule has 0 radical (unpaired) electrons. The Labute approximate surface area is 209 Å². The van der Waals surface area contributed by atoms with Crippen LogP contribution in [-0.4, -0.2) is 78.0 Å². The average molecular weight is 545 g/mol. The Balaban J connectivity index is 1.38. The van der Waals surface area contributed by atoms with Crippen molar-refractivity contribution in [3.05, 3.63) is 47.8 Å². The van der Waals surface area contributed by atoms with E-state index < -0.39 is 37.9 Å². The summed E-state index contributed by atoms with van der Waals surface area (Å²) in [5.74, 6) is -4.34. The Kier molecular flexibility index (Phi) is 6.05. The monoisotopic (exact) mass is 544 g/mol. The molecule has 3 aliphatic rings. The highest BCUT2D eigenvalue weighted by Crippen LogP contribution is 2.51. The Bertz CT molecular complexity index is 1410. The van der Waals surface area contributed by atoms with Crippen molar-refractivity contribution in [2.45, 2.75) is 18.9 Å². The maximum absolute atomic E-state index is 14.8. The largest absolute Gasteiger partial charge is 0.326 e. The third kappa shape index (κ3) is 4.57. The zero-order chi connectivity index (χ0) is 26.0. The van der Waals surface area contributed by atoms with Gasteiger partial charge in [0.1, 0.15) is 5.82 Å². The molecule has 2 heterocycles. The summed E-state index contributed by atoms with van der Waals surface area (Å²) in [4.78, 5) is 2.09. The van der Waals surface area contributed by atoms with E-state index in [-0.39, 0.29) is 13.0 Å². The van der Waals surface area contributed by atoms with Crippen LogP contribution in [-0.2, 0) is 26.8 Å². The maximum Gasteiger partial charge on any atom is 0.326 e. The van der Waals surface area contributed by atoms with Gasteiger partial charge in [0.2, 0.25) is 10.0 Å². The van der Waals surface area contributed by atoms with Crippen LogP contribution in [0, 0.1) is 11.7 Å². The molecular formula is C23H27F3N4O4S2. The highest BCUT2D eigenvalue weighted by Gasteiger charge is 2.59. The molecule has 2 aromatic carbocycles. The average Bonchev–Trinajstić information content (AvgIpc) is 3.37. The lowest BCUT2D eigenvalue weighted by Crippen LogP contribution is -2.47. The summed E-state index contributed by atoms with van der Waals surface area (Å²) in [5, 5.41) is 0. The van der Waals surface area contributed by atoms with Crippen LogP contribution in [0.3, 0.4) is 0 Å². The molecule has 2 aromatic rings. The number of halogens is 3. The van der Waals surface area contributed by atoms with E-state index in [1.54, 1.807) is 24.3 Å². The van der Waals surface area contributed by atoms with Crippen molar-refractivity contribution in [1.29, 1.82) is 0 Å². The second-order valence-electron chi connectivity index (χ2n) is 9.62. The molecule has 0 N–H and O–H groups in total. The van der Waals surface area contributed by atoms with Gasteiger partial charge in [-0.2, -0.15) is 12.7 Å². The fourth-order valence-corrected chi connectivity index (χ4v) is 7.07. The van der Waals surface area contributed by atoms with Gasteiger partial charge in [0.05, 0.1) is 17.6 Å². The standard InChI is InChI=1S/C23H27F3N4O4S2/c1-27-22-12-17(4-6-21(22)30(36(27,33)34)15-18-13-23(18,25)26)19-11-16(3-5-20(19)24)14-28-7-9-29(10-8-28)35(2,31)32/h3-6,11-12,18H,7-10,13-15H2,1-2H3. The molecular weight excluding hydrogens is 517 g/mol. The number of piperazine rings is 1. The number of hydrogen-bond donors (Lipinski definition) is 0. The van der Waals surface area contributed by atoms with Gasteiger partial charge in [-0.05, 0) is 35.4 Å². The molecule has 36 heavy (non-hydrogen) atoms. The van der Waals surface area contributed by atoms with Crippen LogP contribution in [0.15, 0.2) is 36.4 Å². The minimum Gasteiger partial charge on any atom is -0.296 e. The quantitative estimate of drug-likeness (QED) is 0.559. The first-order valence-electron chi connectivity index (χ1n) is 11.5. The van der Waals surface area contributed by atoms with Crippen LogP contribution in [0.25, 0.3) is 11.1 Å². The predicted molar refractivity (Wildman–Crippen MR) is 131 cm³/mol. The molecule has 5 rings (SSSR count). The Morgan fingerprint density at radius 1 is 1.03 bits per heavy atom. The van der Waals surface area contributed by atoms with Gasteiger partial charge in [-0.3, -0.25) is 13.5 Å². The summed E-state index contributed by atoms with van der Waals surface area (Å²) in [6.07, 6.45) is 0.853. The van der Waals surface area contributed by atoms with Crippen LogP contribution >= 0.6 is 0 Å². The van der Waals surface area contributed by atoms with Gasteiger partial charge in [0.15, 0.2) is 0 Å². The fraction of sp³-hybridized carbons (Fsp3) is 0.478. The molecule has 196 valence electrons. The molecule has 2 fully saturated rings. The lowest BCUT2D eigenvalue weighted by atomic mass is 10.0. The Morgan fingerprint density at radius 2 is 1.69 bits per heavy atom. The molecule has 1 saturated carbocycles. The van der Waals surface area contributed by atoms with Crippen LogP contribution in [0.1, 0.15) is 12.0 Å². The van der Waals surface area contributed by atoms with Gasteiger partial charge in [-0.25, -0.2) is 21.6 Å². The first kappa shape index (κ1) is 25.3. The van der Waals surface area contributed by atoms with E-state index in [1.807, 2.05) is 0 Å². The van der Waals surface area contributed by atoms with Crippen molar-refractivity contribution in [3.8, 4) is 11.1 Å². The SMILES string of the molecule is CN1c2cc(-c3cc(CN4CCN(S(C)(=O)=O)CC4)ccc3F)ccc2N(CC2CC2(F)F)S1(=O)=O. The summed E-state index contributed by atoms with van der Waals surface area (Å²) >= 11 is 0. The third-order valence-corrected chi connectivity index (χ3v) is 10.2. The number of nitrogens with zero attached hydrogens (tertiary/aromatic N) is 4. The Morgan fingerprint density at radius 3 is 2.31 bits per heavy atom. The molecule has 0 aromatic heterocycles. The summed E-state index contributed by atoms with van der Waals surface area (Å²) < 4.78 is 94.5.